The molecule has 0 aromatic rings. The summed E-state index contributed by atoms with van der Waals surface area (Å²) in [6.45, 7) is 22.3. The van der Waals surface area contributed by atoms with Crippen LogP contribution in [0.4, 0.5) is 0 Å². The molecule has 0 rings (SSSR count). The molecule has 0 unspecified atom stereocenters. The van der Waals surface area contributed by atoms with Gasteiger partial charge in [-0.2, -0.15) is 0 Å². The van der Waals surface area contributed by atoms with Crippen molar-refractivity contribution >= 4 is 17.9 Å². The second-order valence-electron chi connectivity index (χ2n) is 14.6. The van der Waals surface area contributed by atoms with Crippen LogP contribution in [-0.4, -0.2) is 44.9 Å². The van der Waals surface area contributed by atoms with Crippen LogP contribution in [0.2, 0.25) is 0 Å². The third-order valence-electron chi connectivity index (χ3n) is 5.96. The van der Waals surface area contributed by atoms with Crippen molar-refractivity contribution in [3.63, 3.8) is 0 Å². The van der Waals surface area contributed by atoms with Gasteiger partial charge in [-0.1, -0.05) is 114 Å². The minimum absolute atomic E-state index is 0. The average molecular weight is 639 g/mol. The van der Waals surface area contributed by atoms with Crippen molar-refractivity contribution in [2.45, 2.75) is 178 Å². The van der Waals surface area contributed by atoms with Gasteiger partial charge in [0, 0.05) is 47.6 Å². The first-order valence-electron chi connectivity index (χ1n) is 15.9. The van der Waals surface area contributed by atoms with Gasteiger partial charge in [-0.25, -0.2) is 0 Å². The van der Waals surface area contributed by atoms with Crippen molar-refractivity contribution in [3.8, 4) is 0 Å². The molecular formula is C34H70O7Ti. The number of carbonyl (C=O) groups is 3. The topological polar surface area (TPSA) is 132 Å². The van der Waals surface area contributed by atoms with Crippen LogP contribution in [0.3, 0.4) is 0 Å². The van der Waals surface area contributed by atoms with Gasteiger partial charge < -0.3 is 20.4 Å². The molecule has 0 aliphatic carbocycles. The maximum atomic E-state index is 10.2. The number of rotatable bonds is 17. The van der Waals surface area contributed by atoms with E-state index in [1.54, 1.807) is 0 Å². The van der Waals surface area contributed by atoms with Crippen LogP contribution in [-0.2, 0) is 36.1 Å². The number of aliphatic carboxylic acids is 3. The first kappa shape index (κ1) is 50.7. The van der Waals surface area contributed by atoms with Crippen LogP contribution in [0.25, 0.3) is 0 Å². The fourth-order valence-corrected chi connectivity index (χ4v) is 3.48. The van der Waals surface area contributed by atoms with Gasteiger partial charge in [0.15, 0.2) is 0 Å². The molecule has 0 aliphatic heterocycles. The van der Waals surface area contributed by atoms with Gasteiger partial charge in [-0.05, 0) is 61.2 Å². The fourth-order valence-electron chi connectivity index (χ4n) is 3.48. The zero-order valence-corrected chi connectivity index (χ0v) is 30.8. The van der Waals surface area contributed by atoms with E-state index in [9.17, 15) is 14.4 Å². The second-order valence-corrected chi connectivity index (χ2v) is 14.6. The summed E-state index contributed by atoms with van der Waals surface area (Å²) < 4.78 is 0. The molecule has 252 valence electrons. The average Bonchev–Trinajstić information content (AvgIpc) is 2.77. The first-order valence-corrected chi connectivity index (χ1v) is 15.9. The summed E-state index contributed by atoms with van der Waals surface area (Å²) in [6, 6.07) is 0. The molecule has 0 bridgehead atoms. The van der Waals surface area contributed by atoms with E-state index in [1.165, 1.54) is 19.3 Å². The van der Waals surface area contributed by atoms with Gasteiger partial charge in [0.25, 0.3) is 0 Å². The summed E-state index contributed by atoms with van der Waals surface area (Å²) in [4.78, 5) is 30.5. The van der Waals surface area contributed by atoms with Crippen molar-refractivity contribution in [2.75, 3.05) is 6.61 Å². The largest absolute Gasteiger partial charge is 0.481 e. The van der Waals surface area contributed by atoms with E-state index in [2.05, 4.69) is 69.2 Å². The second kappa shape index (κ2) is 31.5. The maximum absolute atomic E-state index is 10.2. The van der Waals surface area contributed by atoms with E-state index in [0.717, 1.165) is 70.6 Å². The number of aliphatic hydroxyl groups is 1. The summed E-state index contributed by atoms with van der Waals surface area (Å²) in [6.07, 6.45) is 15.6. The third kappa shape index (κ3) is 71.9. The molecule has 0 aromatic carbocycles. The van der Waals surface area contributed by atoms with Crippen molar-refractivity contribution in [2.24, 2.45) is 16.2 Å². The summed E-state index contributed by atoms with van der Waals surface area (Å²) in [5, 5.41) is 33.2. The molecule has 0 radical (unpaired) electrons. The predicted molar refractivity (Wildman–Crippen MR) is 173 cm³/mol. The Balaban J connectivity index is -0.000000149. The van der Waals surface area contributed by atoms with Crippen molar-refractivity contribution in [1.29, 1.82) is 0 Å². The molecule has 0 amide bonds. The Morgan fingerprint density at radius 3 is 0.810 bits per heavy atom. The molecule has 4 N–H and O–H groups in total. The van der Waals surface area contributed by atoms with Crippen LogP contribution in [0.1, 0.15) is 178 Å². The molecule has 7 nitrogen and oxygen atoms in total. The molecule has 0 heterocycles. The minimum Gasteiger partial charge on any atom is -0.481 e. The van der Waals surface area contributed by atoms with Crippen LogP contribution >= 0.6 is 0 Å². The first-order chi connectivity index (χ1) is 18.7. The fraction of sp³-hybridized carbons (Fsp3) is 0.912. The van der Waals surface area contributed by atoms with Gasteiger partial charge in [0.05, 0.1) is 0 Å². The number of unbranched alkanes of at least 4 members (excludes halogenated alkanes) is 7. The van der Waals surface area contributed by atoms with Gasteiger partial charge in [0.2, 0.25) is 0 Å². The van der Waals surface area contributed by atoms with E-state index in [1.807, 2.05) is 0 Å². The molecule has 42 heavy (non-hydrogen) atoms. The third-order valence-corrected chi connectivity index (χ3v) is 5.96. The SMILES string of the molecule is CC(C)(C)CCCCCC(=O)O.CC(C)(C)CCCCCC(=O)O.CC(C)(C)CCCCCC(=O)O.CCCCO.[Ti]. The monoisotopic (exact) mass is 638 g/mol. The zero-order valence-electron chi connectivity index (χ0n) is 29.2. The maximum Gasteiger partial charge on any atom is 0.303 e. The summed E-state index contributed by atoms with van der Waals surface area (Å²) in [5.74, 6) is -2.03. The number of carboxylic acids is 3. The molecule has 8 heteroatoms. The summed E-state index contributed by atoms with van der Waals surface area (Å²) in [5.41, 5.74) is 1.18. The summed E-state index contributed by atoms with van der Waals surface area (Å²) >= 11 is 0. The molecule has 0 aromatic heterocycles. The Kier molecular flexibility index (Phi) is 38.0. The molecule has 0 saturated heterocycles. The molecule has 0 aliphatic rings. The molecule has 0 saturated carbocycles. The van der Waals surface area contributed by atoms with Gasteiger partial charge >= 0.3 is 17.9 Å². The minimum atomic E-state index is -0.675. The van der Waals surface area contributed by atoms with Gasteiger partial charge in [0.1, 0.15) is 0 Å². The Morgan fingerprint density at radius 1 is 0.452 bits per heavy atom. The van der Waals surface area contributed by atoms with Gasteiger partial charge in [-0.3, -0.25) is 14.4 Å². The molecule has 0 fully saturated rings. The zero-order chi connectivity index (χ0) is 33.0. The number of hydrogen-bond donors (Lipinski definition) is 4. The molecule has 0 atom stereocenters. The van der Waals surface area contributed by atoms with E-state index >= 15 is 0 Å². The van der Waals surface area contributed by atoms with Crippen molar-refractivity contribution < 1.29 is 56.5 Å². The van der Waals surface area contributed by atoms with Crippen molar-refractivity contribution in [3.05, 3.63) is 0 Å². The van der Waals surface area contributed by atoms with Crippen LogP contribution in [0.15, 0.2) is 0 Å². The Labute approximate surface area is 274 Å². The molecule has 0 spiro atoms. The van der Waals surface area contributed by atoms with E-state index in [0.29, 0.717) is 42.1 Å². The normalized spacial score (nSPS) is 10.9. The van der Waals surface area contributed by atoms with Gasteiger partial charge in [-0.15, -0.1) is 0 Å². The van der Waals surface area contributed by atoms with E-state index in [4.69, 9.17) is 20.4 Å². The van der Waals surface area contributed by atoms with Crippen LogP contribution in [0.5, 0.6) is 0 Å². The predicted octanol–water partition coefficient (Wildman–Crippen LogP) is 9.98. The number of carboxylic acid groups (broad SMARTS) is 3. The summed E-state index contributed by atoms with van der Waals surface area (Å²) in [7, 11) is 0. The Morgan fingerprint density at radius 2 is 0.690 bits per heavy atom. The smallest absolute Gasteiger partial charge is 0.303 e. The van der Waals surface area contributed by atoms with Crippen LogP contribution in [0, 0.1) is 16.2 Å². The van der Waals surface area contributed by atoms with Crippen molar-refractivity contribution in [1.82, 2.24) is 0 Å². The quantitative estimate of drug-likeness (QED) is 0.0920. The molecular weight excluding hydrogens is 568 g/mol. The Hall–Kier alpha value is -0.916. The number of aliphatic hydroxyl groups excluding tert-OH is 1. The van der Waals surface area contributed by atoms with E-state index in [-0.39, 0.29) is 21.7 Å². The standard InChI is InChI=1S/3C10H20O2.C4H10O.Ti/c3*1-10(2,3)8-6-4-5-7-9(11)12;1-2-3-4-5;/h3*4-8H2,1-3H3,(H,11,12);5H,2-4H2,1H3;. The van der Waals surface area contributed by atoms with Crippen LogP contribution < -0.4 is 0 Å². The Bertz CT molecular complexity index is 532. The number of hydrogen-bond acceptors (Lipinski definition) is 4. The van der Waals surface area contributed by atoms with E-state index < -0.39 is 17.9 Å².